The fourth-order valence-electron chi connectivity index (χ4n) is 8.65. The number of pyridine rings is 1. The van der Waals surface area contributed by atoms with Crippen molar-refractivity contribution in [3.63, 3.8) is 0 Å². The average molecular weight is 667 g/mol. The number of hydrogen-bond acceptors (Lipinski definition) is 3. The van der Waals surface area contributed by atoms with Gasteiger partial charge in [-0.2, -0.15) is 0 Å². The number of hydrogen-bond donors (Lipinski definition) is 0. The van der Waals surface area contributed by atoms with E-state index < -0.39 is 5.41 Å². The number of ether oxygens (including phenoxy) is 2. The third-order valence-corrected chi connectivity index (χ3v) is 10.8. The third kappa shape index (κ3) is 4.00. The normalized spacial score (nSPS) is 15.3. The summed E-state index contributed by atoms with van der Waals surface area (Å²) in [5.41, 5.74) is 11.2. The molecule has 0 fully saturated rings. The Balaban J connectivity index is 1.24. The SMILES string of the molecule is c1ccc(-n2c3ccccc3c3ccc(-c4cccc5c4C4(c6ccccc6Oc6cc(-c7ccccn7)ccc64)c4ccccc4O5)cc32)cc1. The van der Waals surface area contributed by atoms with E-state index in [1.165, 1.54) is 16.3 Å². The van der Waals surface area contributed by atoms with Gasteiger partial charge in [0.1, 0.15) is 23.0 Å². The minimum atomic E-state index is -0.741. The number of para-hydroxylation sites is 4. The maximum atomic E-state index is 6.86. The van der Waals surface area contributed by atoms with Crippen LogP contribution in [0.5, 0.6) is 23.0 Å². The number of rotatable bonds is 3. The fourth-order valence-corrected chi connectivity index (χ4v) is 8.65. The standard InChI is InChI=1S/C48H30N2O2/c1-2-13-33(14-3-1)50-41-20-7-4-15-35(41)36-26-24-31(29-42(36)50)34-16-12-23-45-47(34)48(37-17-5-8-21-43(37)51-45)38-18-6-9-22-44(38)52-46-30-32(25-27-39(46)48)40-19-10-11-28-49-40/h1-30H. The maximum Gasteiger partial charge on any atom is 0.132 e. The minimum Gasteiger partial charge on any atom is -0.457 e. The van der Waals surface area contributed by atoms with Gasteiger partial charge in [0.25, 0.3) is 0 Å². The zero-order chi connectivity index (χ0) is 34.2. The van der Waals surface area contributed by atoms with E-state index >= 15 is 0 Å². The summed E-state index contributed by atoms with van der Waals surface area (Å²) < 4.78 is 16.1. The van der Waals surface area contributed by atoms with Crippen LogP contribution in [0.15, 0.2) is 182 Å². The van der Waals surface area contributed by atoms with Gasteiger partial charge in [-0.25, -0.2) is 0 Å². The summed E-state index contributed by atoms with van der Waals surface area (Å²) in [6.45, 7) is 0. The lowest BCUT2D eigenvalue weighted by molar-refractivity contribution is 0.400. The molecule has 11 rings (SSSR count). The van der Waals surface area contributed by atoms with Gasteiger partial charge in [0.05, 0.1) is 22.1 Å². The van der Waals surface area contributed by atoms with Crippen molar-refractivity contribution in [1.82, 2.24) is 9.55 Å². The molecule has 0 bridgehead atoms. The Morgan fingerprint density at radius 3 is 1.90 bits per heavy atom. The Bertz CT molecular complexity index is 2850. The summed E-state index contributed by atoms with van der Waals surface area (Å²) >= 11 is 0. The smallest absolute Gasteiger partial charge is 0.132 e. The van der Waals surface area contributed by atoms with Crippen LogP contribution in [0.1, 0.15) is 22.3 Å². The topological polar surface area (TPSA) is 36.3 Å². The molecule has 2 aliphatic heterocycles. The van der Waals surface area contributed by atoms with E-state index in [2.05, 4.69) is 161 Å². The van der Waals surface area contributed by atoms with Crippen molar-refractivity contribution in [3.8, 4) is 51.1 Å². The summed E-state index contributed by atoms with van der Waals surface area (Å²) in [7, 11) is 0. The average Bonchev–Trinajstić information content (AvgIpc) is 3.54. The van der Waals surface area contributed by atoms with Gasteiger partial charge in [0, 0.05) is 50.5 Å². The molecular weight excluding hydrogens is 637 g/mol. The van der Waals surface area contributed by atoms with E-state index in [0.717, 1.165) is 78.8 Å². The molecule has 0 amide bonds. The predicted molar refractivity (Wildman–Crippen MR) is 208 cm³/mol. The Labute approximate surface area is 300 Å². The van der Waals surface area contributed by atoms with Crippen LogP contribution in [-0.4, -0.2) is 9.55 Å². The molecule has 1 spiro atoms. The van der Waals surface area contributed by atoms with E-state index in [0.29, 0.717) is 0 Å². The van der Waals surface area contributed by atoms with Gasteiger partial charge in [0.15, 0.2) is 0 Å². The van der Waals surface area contributed by atoms with Crippen LogP contribution < -0.4 is 9.47 Å². The summed E-state index contributed by atoms with van der Waals surface area (Å²) in [5, 5.41) is 2.45. The first-order valence-electron chi connectivity index (χ1n) is 17.6. The highest BCUT2D eigenvalue weighted by Gasteiger charge is 2.51. The quantitative estimate of drug-likeness (QED) is 0.188. The summed E-state index contributed by atoms with van der Waals surface area (Å²) in [6.07, 6.45) is 1.83. The highest BCUT2D eigenvalue weighted by molar-refractivity contribution is 6.10. The number of benzene rings is 7. The number of fused-ring (bicyclic) bond motifs is 11. The minimum absolute atomic E-state index is 0.741. The Morgan fingerprint density at radius 1 is 0.442 bits per heavy atom. The Hall–Kier alpha value is -6.91. The van der Waals surface area contributed by atoms with E-state index in [9.17, 15) is 0 Å². The highest BCUT2D eigenvalue weighted by atomic mass is 16.5. The third-order valence-electron chi connectivity index (χ3n) is 10.8. The van der Waals surface area contributed by atoms with Crippen molar-refractivity contribution >= 4 is 21.8 Å². The molecule has 52 heavy (non-hydrogen) atoms. The Morgan fingerprint density at radius 2 is 1.10 bits per heavy atom. The molecule has 1 unspecified atom stereocenters. The summed E-state index contributed by atoms with van der Waals surface area (Å²) in [6, 6.07) is 62.1. The monoisotopic (exact) mass is 666 g/mol. The predicted octanol–water partition coefficient (Wildman–Crippen LogP) is 12.1. The molecule has 4 heteroatoms. The van der Waals surface area contributed by atoms with Gasteiger partial charge >= 0.3 is 0 Å². The van der Waals surface area contributed by atoms with Gasteiger partial charge in [0.2, 0.25) is 0 Å². The second kappa shape index (κ2) is 11.0. The van der Waals surface area contributed by atoms with Gasteiger partial charge in [-0.3, -0.25) is 4.98 Å². The Kier molecular flexibility index (Phi) is 6.13. The fraction of sp³-hybridized carbons (Fsp3) is 0.0208. The van der Waals surface area contributed by atoms with Crippen LogP contribution >= 0.6 is 0 Å². The molecule has 4 heterocycles. The van der Waals surface area contributed by atoms with Crippen LogP contribution in [0.2, 0.25) is 0 Å². The van der Waals surface area contributed by atoms with Crippen molar-refractivity contribution in [2.45, 2.75) is 5.41 Å². The van der Waals surface area contributed by atoms with Crippen LogP contribution in [-0.2, 0) is 5.41 Å². The molecule has 2 aliphatic rings. The maximum absolute atomic E-state index is 6.86. The molecule has 4 nitrogen and oxygen atoms in total. The van der Waals surface area contributed by atoms with Crippen molar-refractivity contribution < 1.29 is 9.47 Å². The van der Waals surface area contributed by atoms with Crippen molar-refractivity contribution in [2.75, 3.05) is 0 Å². The molecular formula is C48H30N2O2. The molecule has 244 valence electrons. The molecule has 0 radical (unpaired) electrons. The zero-order valence-corrected chi connectivity index (χ0v) is 28.0. The van der Waals surface area contributed by atoms with E-state index in [-0.39, 0.29) is 0 Å². The lowest BCUT2D eigenvalue weighted by Crippen LogP contribution is -2.37. The molecule has 0 N–H and O–H groups in total. The number of aromatic nitrogens is 2. The van der Waals surface area contributed by atoms with Crippen LogP contribution in [0.3, 0.4) is 0 Å². The lowest BCUT2D eigenvalue weighted by Gasteiger charge is -2.45. The molecule has 7 aromatic carbocycles. The molecule has 0 aliphatic carbocycles. The van der Waals surface area contributed by atoms with Gasteiger partial charge < -0.3 is 14.0 Å². The lowest BCUT2D eigenvalue weighted by atomic mass is 9.61. The summed E-state index contributed by atoms with van der Waals surface area (Å²) in [5.74, 6) is 3.30. The second-order valence-corrected chi connectivity index (χ2v) is 13.5. The second-order valence-electron chi connectivity index (χ2n) is 13.5. The van der Waals surface area contributed by atoms with Crippen molar-refractivity contribution in [2.24, 2.45) is 0 Å². The molecule has 1 atom stereocenters. The van der Waals surface area contributed by atoms with Gasteiger partial charge in [-0.1, -0.05) is 115 Å². The highest BCUT2D eigenvalue weighted by Crippen LogP contribution is 2.63. The van der Waals surface area contributed by atoms with Crippen LogP contribution in [0.25, 0.3) is 49.9 Å². The molecule has 9 aromatic rings. The first kappa shape index (κ1) is 28.9. The van der Waals surface area contributed by atoms with Crippen molar-refractivity contribution in [1.29, 1.82) is 0 Å². The van der Waals surface area contributed by atoms with Crippen molar-refractivity contribution in [3.05, 3.63) is 204 Å². The molecule has 0 saturated heterocycles. The van der Waals surface area contributed by atoms with E-state index in [4.69, 9.17) is 9.47 Å². The molecule has 2 aromatic heterocycles. The summed E-state index contributed by atoms with van der Waals surface area (Å²) in [4.78, 5) is 4.66. The van der Waals surface area contributed by atoms with Gasteiger partial charge in [-0.15, -0.1) is 0 Å². The molecule has 0 saturated carbocycles. The first-order valence-corrected chi connectivity index (χ1v) is 17.6. The largest absolute Gasteiger partial charge is 0.457 e. The van der Waals surface area contributed by atoms with E-state index in [1.807, 2.05) is 30.5 Å². The van der Waals surface area contributed by atoms with E-state index in [1.54, 1.807) is 0 Å². The van der Waals surface area contributed by atoms with Gasteiger partial charge in [-0.05, 0) is 71.8 Å². The first-order chi connectivity index (χ1) is 25.8. The van der Waals surface area contributed by atoms with Crippen LogP contribution in [0.4, 0.5) is 0 Å². The zero-order valence-electron chi connectivity index (χ0n) is 28.0. The van der Waals surface area contributed by atoms with Crippen LogP contribution in [0, 0.1) is 0 Å². The number of nitrogens with zero attached hydrogens (tertiary/aromatic N) is 2.